The molecule has 0 bridgehead atoms. The zero-order chi connectivity index (χ0) is 22.1. The molecule has 0 fully saturated rings. The van der Waals surface area contributed by atoms with Crippen LogP contribution in [0, 0.1) is 13.8 Å². The molecular weight excluding hydrogens is 410 g/mol. The molecule has 0 atom stereocenters. The van der Waals surface area contributed by atoms with Gasteiger partial charge in [-0.15, -0.1) is 10.2 Å². The van der Waals surface area contributed by atoms with Crippen molar-refractivity contribution in [2.24, 2.45) is 0 Å². The second kappa shape index (κ2) is 8.59. The van der Waals surface area contributed by atoms with E-state index in [1.807, 2.05) is 37.3 Å². The molecule has 0 N–H and O–H groups in total. The quantitative estimate of drug-likeness (QED) is 0.292. The molecule has 2 aromatic carbocycles. The summed E-state index contributed by atoms with van der Waals surface area (Å²) >= 11 is 1.57. The third-order valence-electron chi connectivity index (χ3n) is 5.33. The first-order chi connectivity index (χ1) is 14.9. The molecule has 0 amide bonds. The Bertz CT molecular complexity index is 1290. The molecule has 6 nitrogen and oxygen atoms in total. The molecule has 0 spiro atoms. The number of benzene rings is 2. The van der Waals surface area contributed by atoms with Crippen molar-refractivity contribution in [1.82, 2.24) is 14.8 Å². The molecule has 0 saturated carbocycles. The van der Waals surface area contributed by atoms with Gasteiger partial charge >= 0.3 is 5.63 Å². The highest BCUT2D eigenvalue weighted by molar-refractivity contribution is 7.98. The van der Waals surface area contributed by atoms with Crippen molar-refractivity contribution >= 4 is 22.7 Å². The zero-order valence-corrected chi connectivity index (χ0v) is 19.1. The van der Waals surface area contributed by atoms with Gasteiger partial charge < -0.3 is 9.15 Å². The number of rotatable bonds is 6. The van der Waals surface area contributed by atoms with Gasteiger partial charge in [0, 0.05) is 28.8 Å². The summed E-state index contributed by atoms with van der Waals surface area (Å²) in [4.78, 5) is 12.1. The highest BCUT2D eigenvalue weighted by atomic mass is 32.2. The third kappa shape index (κ3) is 4.23. The van der Waals surface area contributed by atoms with Crippen molar-refractivity contribution < 1.29 is 9.15 Å². The van der Waals surface area contributed by atoms with Crippen LogP contribution in [0.2, 0.25) is 0 Å². The average Bonchev–Trinajstić information content (AvgIpc) is 3.17. The fourth-order valence-corrected chi connectivity index (χ4v) is 4.58. The van der Waals surface area contributed by atoms with Crippen LogP contribution < -0.4 is 10.4 Å². The Balaban J connectivity index is 1.68. The highest BCUT2D eigenvalue weighted by Crippen LogP contribution is 2.32. The van der Waals surface area contributed by atoms with Crippen molar-refractivity contribution in [1.29, 1.82) is 0 Å². The van der Waals surface area contributed by atoms with Gasteiger partial charge in [0.15, 0.2) is 11.0 Å². The van der Waals surface area contributed by atoms with Crippen LogP contribution >= 0.6 is 11.8 Å². The molecular formula is C24H25N3O3S. The van der Waals surface area contributed by atoms with Crippen molar-refractivity contribution in [3.8, 4) is 17.1 Å². The molecule has 0 radical (unpaired) electrons. The zero-order valence-electron chi connectivity index (χ0n) is 18.3. The monoisotopic (exact) mass is 435 g/mol. The van der Waals surface area contributed by atoms with E-state index >= 15 is 0 Å². The number of hydrogen-bond acceptors (Lipinski definition) is 6. The number of methoxy groups -OCH3 is 1. The first-order valence-corrected chi connectivity index (χ1v) is 11.1. The number of aryl methyl sites for hydroxylation is 2. The lowest BCUT2D eigenvalue weighted by molar-refractivity contribution is 0.415. The lowest BCUT2D eigenvalue weighted by Crippen LogP contribution is -2.06. The summed E-state index contributed by atoms with van der Waals surface area (Å²) in [6, 6.07) is 13.6. The van der Waals surface area contributed by atoms with E-state index in [0.717, 1.165) is 38.8 Å². The number of hydrogen-bond donors (Lipinski definition) is 0. The van der Waals surface area contributed by atoms with Gasteiger partial charge in [-0.2, -0.15) is 0 Å². The summed E-state index contributed by atoms with van der Waals surface area (Å²) in [6.07, 6.45) is 0. The minimum atomic E-state index is -0.337. The van der Waals surface area contributed by atoms with Crippen molar-refractivity contribution in [3.05, 3.63) is 69.6 Å². The molecule has 0 aliphatic rings. The molecule has 2 heterocycles. The Hall–Kier alpha value is -3.06. The predicted molar refractivity (Wildman–Crippen MR) is 124 cm³/mol. The van der Waals surface area contributed by atoms with Crippen LogP contribution in [0.25, 0.3) is 22.4 Å². The molecule has 0 unspecified atom stereocenters. The summed E-state index contributed by atoms with van der Waals surface area (Å²) in [5.74, 6) is 2.20. The number of ether oxygens (including phenoxy) is 1. The highest BCUT2D eigenvalue weighted by Gasteiger charge is 2.18. The largest absolute Gasteiger partial charge is 0.497 e. The van der Waals surface area contributed by atoms with Gasteiger partial charge in [-0.1, -0.05) is 11.8 Å². The van der Waals surface area contributed by atoms with Crippen molar-refractivity contribution in [2.45, 2.75) is 44.6 Å². The Kier molecular flexibility index (Phi) is 5.87. The maximum Gasteiger partial charge on any atom is 0.336 e. The van der Waals surface area contributed by atoms with E-state index < -0.39 is 0 Å². The Labute approximate surface area is 185 Å². The van der Waals surface area contributed by atoms with Crippen LogP contribution in [0.1, 0.15) is 36.6 Å². The second-order valence-corrected chi connectivity index (χ2v) is 8.75. The molecule has 4 rings (SSSR count). The average molecular weight is 436 g/mol. The van der Waals surface area contributed by atoms with Crippen LogP contribution in [0.3, 0.4) is 0 Å². The van der Waals surface area contributed by atoms with E-state index in [0.29, 0.717) is 11.3 Å². The van der Waals surface area contributed by atoms with E-state index in [4.69, 9.17) is 9.15 Å². The number of aromatic nitrogens is 3. The number of thioether (sulfide) groups is 1. The van der Waals surface area contributed by atoms with Crippen LogP contribution in [0.4, 0.5) is 0 Å². The summed E-state index contributed by atoms with van der Waals surface area (Å²) in [5, 5.41) is 10.7. The fourth-order valence-electron chi connectivity index (χ4n) is 3.52. The van der Waals surface area contributed by atoms with Gasteiger partial charge in [0.05, 0.1) is 7.11 Å². The SMILES string of the molecule is COc1ccc(-c2nnc(SCc3cc(=O)oc4cc(C)c(C)cc34)n2C(C)C)cc1. The summed E-state index contributed by atoms with van der Waals surface area (Å²) in [5.41, 5.74) is 4.46. The van der Waals surface area contributed by atoms with Crippen LogP contribution in [-0.2, 0) is 5.75 Å². The summed E-state index contributed by atoms with van der Waals surface area (Å²) in [6.45, 7) is 8.30. The smallest absolute Gasteiger partial charge is 0.336 e. The standard InChI is InChI=1S/C24H25N3O3S/c1-14(2)27-23(17-6-8-19(29-5)9-7-17)25-26-24(27)31-13-18-12-22(28)30-21-11-16(4)15(3)10-20(18)21/h6-12,14H,13H2,1-5H3. The van der Waals surface area contributed by atoms with Crippen LogP contribution in [0.5, 0.6) is 5.75 Å². The molecule has 4 aromatic rings. The van der Waals surface area contributed by atoms with Crippen molar-refractivity contribution in [3.63, 3.8) is 0 Å². The topological polar surface area (TPSA) is 70.2 Å². The summed E-state index contributed by atoms with van der Waals surface area (Å²) in [7, 11) is 1.65. The van der Waals surface area contributed by atoms with E-state index in [-0.39, 0.29) is 11.7 Å². The number of nitrogens with zero attached hydrogens (tertiary/aromatic N) is 3. The van der Waals surface area contributed by atoms with Crippen LogP contribution in [0.15, 0.2) is 56.8 Å². The van der Waals surface area contributed by atoms with Gasteiger partial charge in [-0.05, 0) is 80.8 Å². The summed E-state index contributed by atoms with van der Waals surface area (Å²) < 4.78 is 12.8. The molecule has 0 aliphatic heterocycles. The van der Waals surface area contributed by atoms with Gasteiger partial charge in [0.1, 0.15) is 11.3 Å². The Morgan fingerprint density at radius 3 is 2.45 bits per heavy atom. The first kappa shape index (κ1) is 21.2. The minimum absolute atomic E-state index is 0.178. The second-order valence-electron chi connectivity index (χ2n) is 7.81. The molecule has 31 heavy (non-hydrogen) atoms. The van der Waals surface area contributed by atoms with Crippen molar-refractivity contribution in [2.75, 3.05) is 7.11 Å². The minimum Gasteiger partial charge on any atom is -0.497 e. The maximum atomic E-state index is 12.1. The predicted octanol–water partition coefficient (Wildman–Crippen LogP) is 5.55. The van der Waals surface area contributed by atoms with E-state index in [1.54, 1.807) is 24.9 Å². The van der Waals surface area contributed by atoms with Gasteiger partial charge in [0.25, 0.3) is 0 Å². The third-order valence-corrected chi connectivity index (χ3v) is 6.32. The molecule has 2 aromatic heterocycles. The lowest BCUT2D eigenvalue weighted by atomic mass is 10.0. The molecule has 0 aliphatic carbocycles. The molecule has 0 saturated heterocycles. The van der Waals surface area contributed by atoms with E-state index in [1.165, 1.54) is 5.56 Å². The molecule has 7 heteroatoms. The fraction of sp³-hybridized carbons (Fsp3) is 0.292. The number of fused-ring (bicyclic) bond motifs is 1. The Morgan fingerprint density at radius 2 is 1.77 bits per heavy atom. The Morgan fingerprint density at radius 1 is 1.06 bits per heavy atom. The lowest BCUT2D eigenvalue weighted by Gasteiger charge is -2.14. The first-order valence-electron chi connectivity index (χ1n) is 10.1. The van der Waals surface area contributed by atoms with E-state index in [9.17, 15) is 4.79 Å². The van der Waals surface area contributed by atoms with Gasteiger partial charge in [-0.3, -0.25) is 4.57 Å². The van der Waals surface area contributed by atoms with Gasteiger partial charge in [-0.25, -0.2) is 4.79 Å². The normalized spacial score (nSPS) is 11.4. The van der Waals surface area contributed by atoms with Gasteiger partial charge in [0.2, 0.25) is 0 Å². The van der Waals surface area contributed by atoms with Crippen LogP contribution in [-0.4, -0.2) is 21.9 Å². The molecule has 160 valence electrons. The maximum absolute atomic E-state index is 12.1. The van der Waals surface area contributed by atoms with E-state index in [2.05, 4.69) is 41.6 Å².